The van der Waals surface area contributed by atoms with Crippen LogP contribution in [0.5, 0.6) is 0 Å². The van der Waals surface area contributed by atoms with Gasteiger partial charge in [0.15, 0.2) is 5.96 Å². The molecule has 150 valence electrons. The number of rotatable bonds is 8. The monoisotopic (exact) mass is 382 g/mol. The fraction of sp³-hybridized carbons (Fsp3) is 0.381. The number of carbonyl (C=O) groups is 1. The number of hydrogen-bond acceptors (Lipinski definition) is 3. The fourth-order valence-electron chi connectivity index (χ4n) is 2.49. The SMILES string of the molecule is CCNC(=NCc1ccc(NC(=O)NC(C)C)cc1)NCCc1ccccn1. The molecule has 0 aliphatic carbocycles. The van der Waals surface area contributed by atoms with Crippen molar-refractivity contribution in [2.24, 2.45) is 4.99 Å². The van der Waals surface area contributed by atoms with Crippen molar-refractivity contribution < 1.29 is 4.79 Å². The largest absolute Gasteiger partial charge is 0.357 e. The second-order valence-electron chi connectivity index (χ2n) is 6.64. The molecule has 0 fully saturated rings. The summed E-state index contributed by atoms with van der Waals surface area (Å²) in [6.07, 6.45) is 2.64. The Morgan fingerprint density at radius 3 is 2.54 bits per heavy atom. The molecule has 0 saturated heterocycles. The molecule has 0 spiro atoms. The van der Waals surface area contributed by atoms with Crippen molar-refractivity contribution in [2.45, 2.75) is 39.8 Å². The molecule has 0 bridgehead atoms. The van der Waals surface area contributed by atoms with Gasteiger partial charge in [-0.3, -0.25) is 4.98 Å². The van der Waals surface area contributed by atoms with Crippen LogP contribution in [-0.2, 0) is 13.0 Å². The first-order chi connectivity index (χ1) is 13.6. The molecule has 2 amide bonds. The summed E-state index contributed by atoms with van der Waals surface area (Å²) in [7, 11) is 0. The highest BCUT2D eigenvalue weighted by atomic mass is 16.2. The molecular formula is C21H30N6O. The molecule has 0 atom stereocenters. The highest BCUT2D eigenvalue weighted by Gasteiger charge is 2.03. The molecular weight excluding hydrogens is 352 g/mol. The number of pyridine rings is 1. The van der Waals surface area contributed by atoms with E-state index in [0.29, 0.717) is 6.54 Å². The van der Waals surface area contributed by atoms with Gasteiger partial charge in [-0.25, -0.2) is 9.79 Å². The Labute approximate surface area is 167 Å². The third-order valence-electron chi connectivity index (χ3n) is 3.80. The van der Waals surface area contributed by atoms with E-state index < -0.39 is 0 Å². The lowest BCUT2D eigenvalue weighted by molar-refractivity contribution is 0.250. The van der Waals surface area contributed by atoms with Crippen LogP contribution in [0.25, 0.3) is 0 Å². The van der Waals surface area contributed by atoms with Crippen molar-refractivity contribution in [2.75, 3.05) is 18.4 Å². The zero-order chi connectivity index (χ0) is 20.2. The molecule has 1 heterocycles. The summed E-state index contributed by atoms with van der Waals surface area (Å²) in [4.78, 5) is 20.7. The number of aliphatic imine (C=N–C) groups is 1. The molecule has 0 saturated carbocycles. The van der Waals surface area contributed by atoms with Crippen LogP contribution < -0.4 is 21.3 Å². The highest BCUT2D eigenvalue weighted by Crippen LogP contribution is 2.10. The summed E-state index contributed by atoms with van der Waals surface area (Å²) in [6.45, 7) is 8.00. The Kier molecular flexibility index (Phi) is 8.78. The second-order valence-corrected chi connectivity index (χ2v) is 6.64. The maximum atomic E-state index is 11.7. The molecule has 1 aromatic carbocycles. The van der Waals surface area contributed by atoms with Gasteiger partial charge in [0.2, 0.25) is 0 Å². The van der Waals surface area contributed by atoms with Crippen LogP contribution in [0.15, 0.2) is 53.7 Å². The Morgan fingerprint density at radius 1 is 1.11 bits per heavy atom. The van der Waals surface area contributed by atoms with E-state index in [9.17, 15) is 4.79 Å². The van der Waals surface area contributed by atoms with Crippen molar-refractivity contribution in [3.63, 3.8) is 0 Å². The molecule has 1 aromatic heterocycles. The van der Waals surface area contributed by atoms with E-state index >= 15 is 0 Å². The number of benzene rings is 1. The maximum absolute atomic E-state index is 11.7. The zero-order valence-corrected chi connectivity index (χ0v) is 16.8. The topological polar surface area (TPSA) is 90.4 Å². The minimum absolute atomic E-state index is 0.100. The fourth-order valence-corrected chi connectivity index (χ4v) is 2.49. The lowest BCUT2D eigenvalue weighted by Gasteiger charge is -2.12. The third kappa shape index (κ3) is 8.07. The first kappa shape index (κ1) is 21.2. The van der Waals surface area contributed by atoms with Crippen molar-refractivity contribution in [3.05, 3.63) is 59.9 Å². The number of hydrogen-bond donors (Lipinski definition) is 4. The summed E-state index contributed by atoms with van der Waals surface area (Å²) in [6, 6.07) is 13.5. The highest BCUT2D eigenvalue weighted by molar-refractivity contribution is 5.89. The molecule has 7 nitrogen and oxygen atoms in total. The number of guanidine groups is 1. The first-order valence-electron chi connectivity index (χ1n) is 9.65. The quantitative estimate of drug-likeness (QED) is 0.417. The van der Waals surface area contributed by atoms with Gasteiger partial charge in [-0.1, -0.05) is 18.2 Å². The van der Waals surface area contributed by atoms with E-state index in [1.807, 2.05) is 63.2 Å². The number of aromatic nitrogens is 1. The predicted octanol–water partition coefficient (Wildman–Crippen LogP) is 2.91. The number of nitrogens with one attached hydrogen (secondary N) is 4. The van der Waals surface area contributed by atoms with Gasteiger partial charge in [-0.05, 0) is 50.6 Å². The van der Waals surface area contributed by atoms with E-state index in [1.165, 1.54) is 0 Å². The predicted molar refractivity (Wildman–Crippen MR) is 114 cm³/mol. The minimum Gasteiger partial charge on any atom is -0.357 e. The number of amides is 2. The average Bonchev–Trinajstić information content (AvgIpc) is 2.67. The number of urea groups is 1. The molecule has 0 aliphatic rings. The lowest BCUT2D eigenvalue weighted by atomic mass is 10.2. The van der Waals surface area contributed by atoms with Gasteiger partial charge in [0.05, 0.1) is 6.54 Å². The number of nitrogens with zero attached hydrogens (tertiary/aromatic N) is 2. The Hall–Kier alpha value is -3.09. The van der Waals surface area contributed by atoms with Crippen molar-refractivity contribution in [3.8, 4) is 0 Å². The lowest BCUT2D eigenvalue weighted by Crippen LogP contribution is -2.38. The van der Waals surface area contributed by atoms with Crippen LogP contribution in [0.2, 0.25) is 0 Å². The van der Waals surface area contributed by atoms with Gasteiger partial charge in [-0.15, -0.1) is 0 Å². The van der Waals surface area contributed by atoms with Gasteiger partial charge >= 0.3 is 6.03 Å². The zero-order valence-electron chi connectivity index (χ0n) is 16.8. The van der Waals surface area contributed by atoms with Crippen molar-refractivity contribution in [1.82, 2.24) is 20.9 Å². The maximum Gasteiger partial charge on any atom is 0.319 e. The summed E-state index contributed by atoms with van der Waals surface area (Å²) in [5, 5.41) is 12.2. The first-order valence-corrected chi connectivity index (χ1v) is 9.65. The minimum atomic E-state index is -0.202. The summed E-state index contributed by atoms with van der Waals surface area (Å²) in [5.74, 6) is 0.775. The summed E-state index contributed by atoms with van der Waals surface area (Å²) >= 11 is 0. The number of anilines is 1. The Morgan fingerprint density at radius 2 is 1.89 bits per heavy atom. The van der Waals surface area contributed by atoms with Crippen LogP contribution in [0, 0.1) is 0 Å². The average molecular weight is 383 g/mol. The van der Waals surface area contributed by atoms with Gasteiger partial charge < -0.3 is 21.3 Å². The van der Waals surface area contributed by atoms with Crippen LogP contribution in [0.4, 0.5) is 10.5 Å². The summed E-state index contributed by atoms with van der Waals surface area (Å²) in [5.41, 5.74) is 2.87. The second kappa shape index (κ2) is 11.6. The molecule has 0 unspecified atom stereocenters. The smallest absolute Gasteiger partial charge is 0.319 e. The molecule has 0 radical (unpaired) electrons. The molecule has 4 N–H and O–H groups in total. The van der Waals surface area contributed by atoms with E-state index in [0.717, 1.165) is 42.4 Å². The molecule has 2 aromatic rings. The van der Waals surface area contributed by atoms with Crippen LogP contribution >= 0.6 is 0 Å². The van der Waals surface area contributed by atoms with E-state index in [1.54, 1.807) is 6.20 Å². The third-order valence-corrected chi connectivity index (χ3v) is 3.80. The normalized spacial score (nSPS) is 11.2. The number of carbonyl (C=O) groups excluding carboxylic acids is 1. The van der Waals surface area contributed by atoms with Crippen LogP contribution in [-0.4, -0.2) is 36.1 Å². The van der Waals surface area contributed by atoms with Crippen molar-refractivity contribution in [1.29, 1.82) is 0 Å². The van der Waals surface area contributed by atoms with Gasteiger partial charge in [0.1, 0.15) is 0 Å². The summed E-state index contributed by atoms with van der Waals surface area (Å²) < 4.78 is 0. The van der Waals surface area contributed by atoms with E-state index in [-0.39, 0.29) is 12.1 Å². The van der Waals surface area contributed by atoms with E-state index in [4.69, 9.17) is 0 Å². The van der Waals surface area contributed by atoms with E-state index in [2.05, 4.69) is 31.2 Å². The van der Waals surface area contributed by atoms with Crippen LogP contribution in [0.3, 0.4) is 0 Å². The van der Waals surface area contributed by atoms with Gasteiger partial charge in [0, 0.05) is 43.1 Å². The van der Waals surface area contributed by atoms with Crippen molar-refractivity contribution >= 4 is 17.7 Å². The van der Waals surface area contributed by atoms with Gasteiger partial charge in [0.25, 0.3) is 0 Å². The standard InChI is InChI=1S/C21H30N6O/c1-4-22-20(24-14-12-18-7-5-6-13-23-18)25-15-17-8-10-19(11-9-17)27-21(28)26-16(2)3/h5-11,13,16H,4,12,14-15H2,1-3H3,(H2,22,24,25)(H2,26,27,28). The van der Waals surface area contributed by atoms with Gasteiger partial charge in [-0.2, -0.15) is 0 Å². The molecule has 28 heavy (non-hydrogen) atoms. The molecule has 0 aliphatic heterocycles. The molecule has 7 heteroatoms. The molecule has 2 rings (SSSR count). The Balaban J connectivity index is 1.84. The van der Waals surface area contributed by atoms with Crippen LogP contribution in [0.1, 0.15) is 32.0 Å². The Bertz CT molecular complexity index is 743.